The Morgan fingerprint density at radius 2 is 2.00 bits per heavy atom. The van der Waals surface area contributed by atoms with Crippen molar-refractivity contribution in [2.75, 3.05) is 6.61 Å². The van der Waals surface area contributed by atoms with Crippen molar-refractivity contribution in [2.24, 2.45) is 11.3 Å². The van der Waals surface area contributed by atoms with Crippen LogP contribution in [0, 0.1) is 11.3 Å². The van der Waals surface area contributed by atoms with Gasteiger partial charge in [-0.05, 0) is 37.0 Å². The second-order valence-electron chi connectivity index (χ2n) is 6.44. The Labute approximate surface area is 111 Å². The minimum atomic E-state index is 0.334. The molecule has 0 saturated carbocycles. The normalized spacial score (nSPS) is 13.8. The van der Waals surface area contributed by atoms with Gasteiger partial charge in [0.15, 0.2) is 0 Å². The van der Waals surface area contributed by atoms with E-state index in [1.807, 2.05) is 18.7 Å². The maximum Gasteiger partial charge on any atom is 0.0945 e. The third kappa shape index (κ3) is 6.80. The fraction of sp³-hybridized carbons (Fsp3) is 0.800. The van der Waals surface area contributed by atoms with Crippen molar-refractivity contribution in [1.82, 2.24) is 9.55 Å². The van der Waals surface area contributed by atoms with E-state index in [0.29, 0.717) is 17.9 Å². The van der Waals surface area contributed by atoms with Crippen molar-refractivity contribution in [2.45, 2.75) is 59.4 Å². The van der Waals surface area contributed by atoms with Crippen LogP contribution in [0.4, 0.5) is 0 Å². The van der Waals surface area contributed by atoms with Crippen LogP contribution in [0.15, 0.2) is 18.7 Å². The van der Waals surface area contributed by atoms with E-state index in [4.69, 9.17) is 0 Å². The molecule has 1 N–H and O–H groups in total. The first-order valence-electron chi connectivity index (χ1n) is 7.08. The number of aliphatic hydroxyl groups is 1. The molecule has 0 fully saturated rings. The molecule has 0 aromatic carbocycles. The van der Waals surface area contributed by atoms with Crippen LogP contribution < -0.4 is 0 Å². The lowest BCUT2D eigenvalue weighted by Crippen LogP contribution is -2.12. The molecule has 0 aliphatic rings. The Bertz CT molecular complexity index is 301. The topological polar surface area (TPSA) is 38.0 Å². The highest BCUT2D eigenvalue weighted by Gasteiger charge is 2.14. The van der Waals surface area contributed by atoms with Gasteiger partial charge in [0.1, 0.15) is 0 Å². The zero-order valence-corrected chi connectivity index (χ0v) is 12.1. The number of imidazole rings is 1. The van der Waals surface area contributed by atoms with Crippen LogP contribution in [0.5, 0.6) is 0 Å². The fourth-order valence-electron chi connectivity index (χ4n) is 2.11. The second-order valence-corrected chi connectivity index (χ2v) is 6.44. The molecule has 1 aromatic heterocycles. The molecule has 18 heavy (non-hydrogen) atoms. The Morgan fingerprint density at radius 3 is 2.56 bits per heavy atom. The van der Waals surface area contributed by atoms with Gasteiger partial charge in [0, 0.05) is 25.5 Å². The summed E-state index contributed by atoms with van der Waals surface area (Å²) in [5.74, 6) is 0.479. The van der Waals surface area contributed by atoms with E-state index in [-0.39, 0.29) is 0 Å². The third-order valence-electron chi connectivity index (χ3n) is 3.40. The van der Waals surface area contributed by atoms with Gasteiger partial charge in [0.25, 0.3) is 0 Å². The smallest absolute Gasteiger partial charge is 0.0945 e. The van der Waals surface area contributed by atoms with E-state index >= 15 is 0 Å². The maximum atomic E-state index is 9.39. The molecule has 3 heteroatoms. The molecule has 0 bridgehead atoms. The van der Waals surface area contributed by atoms with Gasteiger partial charge in [-0.1, -0.05) is 27.2 Å². The zero-order valence-electron chi connectivity index (χ0n) is 12.1. The molecule has 0 amide bonds. The quantitative estimate of drug-likeness (QED) is 0.719. The highest BCUT2D eigenvalue weighted by atomic mass is 16.3. The zero-order chi connectivity index (χ0) is 13.4. The standard InChI is InChI=1S/C15H28N2O/c1-15(2,3)8-7-14(12-18)6-4-5-10-17-11-9-16-13-17/h9,11,13-14,18H,4-8,10,12H2,1-3H3/t14-/m1/s1. The monoisotopic (exact) mass is 252 g/mol. The number of rotatable bonds is 8. The number of aromatic nitrogens is 2. The van der Waals surface area contributed by atoms with Gasteiger partial charge in [-0.15, -0.1) is 0 Å². The highest BCUT2D eigenvalue weighted by molar-refractivity contribution is 4.74. The summed E-state index contributed by atoms with van der Waals surface area (Å²) < 4.78 is 2.11. The first-order valence-corrected chi connectivity index (χ1v) is 7.08. The molecule has 0 radical (unpaired) electrons. The van der Waals surface area contributed by atoms with Gasteiger partial charge in [0.05, 0.1) is 6.33 Å². The first kappa shape index (κ1) is 15.2. The summed E-state index contributed by atoms with van der Waals surface area (Å²) in [6.07, 6.45) is 11.5. The molecule has 1 atom stereocenters. The molecule has 0 spiro atoms. The fourth-order valence-corrected chi connectivity index (χ4v) is 2.11. The molecule has 0 unspecified atom stereocenters. The van der Waals surface area contributed by atoms with Crippen LogP contribution >= 0.6 is 0 Å². The van der Waals surface area contributed by atoms with Crippen LogP contribution in [-0.4, -0.2) is 21.3 Å². The average molecular weight is 252 g/mol. The van der Waals surface area contributed by atoms with Gasteiger partial charge in [-0.2, -0.15) is 0 Å². The van der Waals surface area contributed by atoms with Crippen LogP contribution in [-0.2, 0) is 6.54 Å². The Morgan fingerprint density at radius 1 is 1.22 bits per heavy atom. The van der Waals surface area contributed by atoms with Crippen LogP contribution in [0.3, 0.4) is 0 Å². The molecule has 104 valence electrons. The predicted octanol–water partition coefficient (Wildman–Crippen LogP) is 3.49. The Kier molecular flexibility index (Phi) is 6.41. The van der Waals surface area contributed by atoms with E-state index in [1.54, 1.807) is 0 Å². The van der Waals surface area contributed by atoms with Crippen molar-refractivity contribution in [3.05, 3.63) is 18.7 Å². The molecular formula is C15H28N2O. The molecule has 1 aromatic rings. The molecule has 1 heterocycles. The summed E-state index contributed by atoms with van der Waals surface area (Å²) in [5.41, 5.74) is 0.379. The summed E-state index contributed by atoms with van der Waals surface area (Å²) in [6, 6.07) is 0. The minimum absolute atomic E-state index is 0.334. The van der Waals surface area contributed by atoms with E-state index in [2.05, 4.69) is 30.3 Å². The lowest BCUT2D eigenvalue weighted by Gasteiger charge is -2.22. The molecule has 0 aliphatic heterocycles. The largest absolute Gasteiger partial charge is 0.396 e. The summed E-state index contributed by atoms with van der Waals surface area (Å²) in [6.45, 7) is 8.17. The minimum Gasteiger partial charge on any atom is -0.396 e. The number of unbranched alkanes of at least 4 members (excludes halogenated alkanes) is 1. The first-order chi connectivity index (χ1) is 8.51. The molecule has 0 saturated heterocycles. The Balaban J connectivity index is 2.11. The van der Waals surface area contributed by atoms with Crippen LogP contribution in [0.2, 0.25) is 0 Å². The Hall–Kier alpha value is -0.830. The van der Waals surface area contributed by atoms with E-state index in [9.17, 15) is 5.11 Å². The number of nitrogens with zero attached hydrogens (tertiary/aromatic N) is 2. The van der Waals surface area contributed by atoms with Crippen molar-refractivity contribution < 1.29 is 5.11 Å². The van der Waals surface area contributed by atoms with Crippen LogP contribution in [0.1, 0.15) is 52.9 Å². The number of hydrogen-bond acceptors (Lipinski definition) is 2. The van der Waals surface area contributed by atoms with Crippen molar-refractivity contribution in [1.29, 1.82) is 0 Å². The number of hydrogen-bond donors (Lipinski definition) is 1. The van der Waals surface area contributed by atoms with Crippen LogP contribution in [0.25, 0.3) is 0 Å². The lowest BCUT2D eigenvalue weighted by molar-refractivity contribution is 0.190. The number of aryl methyl sites for hydroxylation is 1. The molecular weight excluding hydrogens is 224 g/mol. The van der Waals surface area contributed by atoms with Crippen molar-refractivity contribution in [3.8, 4) is 0 Å². The summed E-state index contributed by atoms with van der Waals surface area (Å²) in [5, 5.41) is 9.39. The predicted molar refractivity (Wildman–Crippen MR) is 75.3 cm³/mol. The highest BCUT2D eigenvalue weighted by Crippen LogP contribution is 2.25. The second kappa shape index (κ2) is 7.57. The molecule has 3 nitrogen and oxygen atoms in total. The molecule has 0 aliphatic carbocycles. The third-order valence-corrected chi connectivity index (χ3v) is 3.40. The van der Waals surface area contributed by atoms with E-state index in [0.717, 1.165) is 19.4 Å². The van der Waals surface area contributed by atoms with Gasteiger partial charge >= 0.3 is 0 Å². The lowest BCUT2D eigenvalue weighted by atomic mass is 9.85. The maximum absolute atomic E-state index is 9.39. The SMILES string of the molecule is CC(C)(C)CC[C@H](CO)CCCCn1ccnc1. The van der Waals surface area contributed by atoms with Gasteiger partial charge in [-0.25, -0.2) is 4.98 Å². The van der Waals surface area contributed by atoms with E-state index < -0.39 is 0 Å². The summed E-state index contributed by atoms with van der Waals surface area (Å²) >= 11 is 0. The summed E-state index contributed by atoms with van der Waals surface area (Å²) in [7, 11) is 0. The molecule has 1 rings (SSSR count). The van der Waals surface area contributed by atoms with Crippen molar-refractivity contribution >= 4 is 0 Å². The van der Waals surface area contributed by atoms with E-state index in [1.165, 1.54) is 19.3 Å². The summed E-state index contributed by atoms with van der Waals surface area (Å²) in [4.78, 5) is 4.03. The van der Waals surface area contributed by atoms with Crippen molar-refractivity contribution in [3.63, 3.8) is 0 Å². The van der Waals surface area contributed by atoms with Gasteiger partial charge in [0.2, 0.25) is 0 Å². The average Bonchev–Trinajstić information content (AvgIpc) is 2.80. The number of aliphatic hydroxyl groups excluding tert-OH is 1. The van der Waals surface area contributed by atoms with Gasteiger partial charge < -0.3 is 9.67 Å². The van der Waals surface area contributed by atoms with Gasteiger partial charge in [-0.3, -0.25) is 0 Å².